The third kappa shape index (κ3) is 0.899. The molecule has 2 rings (SSSR count). The van der Waals surface area contributed by atoms with Crippen LogP contribution in [0.3, 0.4) is 0 Å². The van der Waals surface area contributed by atoms with Crippen molar-refractivity contribution in [2.24, 2.45) is 0 Å². The van der Waals surface area contributed by atoms with Gasteiger partial charge in [-0.15, -0.1) is 0 Å². The van der Waals surface area contributed by atoms with E-state index in [1.54, 1.807) is 24.2 Å². The number of fused-ring (bicyclic) bond motifs is 1. The van der Waals surface area contributed by atoms with Gasteiger partial charge in [-0.25, -0.2) is 4.98 Å². The fourth-order valence-corrected chi connectivity index (χ4v) is 1.69. The maximum atomic E-state index is 11.7. The first-order valence-corrected chi connectivity index (χ1v) is 4.20. The molecule has 0 bridgehead atoms. The number of pyridine rings is 1. The topological polar surface area (TPSA) is 33.2 Å². The highest BCUT2D eigenvalue weighted by Crippen LogP contribution is 2.38. The lowest BCUT2D eigenvalue weighted by Gasteiger charge is -2.15. The minimum absolute atomic E-state index is 0.0810. The van der Waals surface area contributed by atoms with E-state index in [1.165, 1.54) is 0 Å². The number of nitrogens with zero attached hydrogens (tertiary/aromatic N) is 2. The summed E-state index contributed by atoms with van der Waals surface area (Å²) in [4.78, 5) is 17.5. The predicted molar refractivity (Wildman–Crippen MR) is 49.5 cm³/mol. The quantitative estimate of drug-likeness (QED) is 0.592. The highest BCUT2D eigenvalue weighted by molar-refractivity contribution is 6.05. The van der Waals surface area contributed by atoms with Crippen LogP contribution in [-0.4, -0.2) is 17.9 Å². The Bertz CT molecular complexity index is 371. The van der Waals surface area contributed by atoms with Gasteiger partial charge in [0.1, 0.15) is 5.82 Å². The molecule has 0 saturated carbocycles. The van der Waals surface area contributed by atoms with Crippen LogP contribution >= 0.6 is 0 Å². The molecule has 0 saturated heterocycles. The summed E-state index contributed by atoms with van der Waals surface area (Å²) in [5, 5.41) is 0. The zero-order valence-electron chi connectivity index (χ0n) is 7.96. The predicted octanol–water partition coefficient (Wildman–Crippen LogP) is 1.14. The molecule has 0 atom stereocenters. The van der Waals surface area contributed by atoms with Crippen LogP contribution in [0.4, 0.5) is 5.82 Å². The summed E-state index contributed by atoms with van der Waals surface area (Å²) < 4.78 is 0. The van der Waals surface area contributed by atoms with E-state index in [9.17, 15) is 4.79 Å². The molecule has 2 heterocycles. The van der Waals surface area contributed by atoms with E-state index in [4.69, 9.17) is 0 Å². The fraction of sp³-hybridized carbons (Fsp3) is 0.400. The van der Waals surface area contributed by atoms with Crippen LogP contribution in [0, 0.1) is 6.07 Å². The Kier molecular flexibility index (Phi) is 1.46. The van der Waals surface area contributed by atoms with Gasteiger partial charge in [0.05, 0.1) is 5.41 Å². The number of carbonyl (C=O) groups excluding carboxylic acids is 1. The van der Waals surface area contributed by atoms with E-state index in [2.05, 4.69) is 11.1 Å². The molecule has 1 aliphatic heterocycles. The molecule has 13 heavy (non-hydrogen) atoms. The molecule has 67 valence electrons. The zero-order chi connectivity index (χ0) is 9.64. The normalized spacial score (nSPS) is 19.0. The van der Waals surface area contributed by atoms with Crippen LogP contribution in [0.1, 0.15) is 19.4 Å². The maximum Gasteiger partial charge on any atom is 0.238 e. The van der Waals surface area contributed by atoms with E-state index < -0.39 is 5.41 Å². The fourth-order valence-electron chi connectivity index (χ4n) is 1.69. The lowest BCUT2D eigenvalue weighted by Crippen LogP contribution is -2.33. The van der Waals surface area contributed by atoms with Crippen molar-refractivity contribution in [3.63, 3.8) is 0 Å². The average molecular weight is 175 g/mol. The standard InChI is InChI=1S/C10H11N2O/c1-10(2)7-5-4-6-11-8(7)12(3)9(10)13/h4,6H,1-3H3. The molecule has 0 aliphatic carbocycles. The number of amides is 1. The highest BCUT2D eigenvalue weighted by atomic mass is 16.2. The van der Waals surface area contributed by atoms with Crippen molar-refractivity contribution < 1.29 is 4.79 Å². The minimum Gasteiger partial charge on any atom is -0.299 e. The summed E-state index contributed by atoms with van der Waals surface area (Å²) in [5.41, 5.74) is 0.417. The van der Waals surface area contributed by atoms with Gasteiger partial charge in [-0.05, 0) is 26.0 Å². The Morgan fingerprint density at radius 1 is 1.54 bits per heavy atom. The number of carbonyl (C=O) groups is 1. The van der Waals surface area contributed by atoms with Crippen molar-refractivity contribution in [3.8, 4) is 0 Å². The van der Waals surface area contributed by atoms with Crippen molar-refractivity contribution in [1.82, 2.24) is 4.98 Å². The third-order valence-electron chi connectivity index (χ3n) is 2.50. The first kappa shape index (κ1) is 8.23. The van der Waals surface area contributed by atoms with E-state index >= 15 is 0 Å². The molecule has 1 amide bonds. The largest absolute Gasteiger partial charge is 0.299 e. The Morgan fingerprint density at radius 2 is 2.23 bits per heavy atom. The van der Waals surface area contributed by atoms with E-state index in [0.29, 0.717) is 0 Å². The molecule has 0 aromatic carbocycles. The van der Waals surface area contributed by atoms with Gasteiger partial charge in [-0.1, -0.05) is 0 Å². The minimum atomic E-state index is -0.474. The summed E-state index contributed by atoms with van der Waals surface area (Å²) in [7, 11) is 1.75. The number of likely N-dealkylation sites (N-methyl/N-ethyl adjacent to an activating group) is 1. The summed E-state index contributed by atoms with van der Waals surface area (Å²) >= 11 is 0. The van der Waals surface area contributed by atoms with Crippen LogP contribution in [0.25, 0.3) is 0 Å². The molecule has 0 unspecified atom stereocenters. The molecule has 3 heteroatoms. The van der Waals surface area contributed by atoms with Crippen LogP contribution in [0.5, 0.6) is 0 Å². The van der Waals surface area contributed by atoms with Crippen molar-refractivity contribution in [1.29, 1.82) is 0 Å². The van der Waals surface area contributed by atoms with Gasteiger partial charge in [0, 0.05) is 18.8 Å². The molecular weight excluding hydrogens is 164 g/mol. The summed E-state index contributed by atoms with van der Waals surface area (Å²) in [5.74, 6) is 0.815. The molecule has 0 spiro atoms. The summed E-state index contributed by atoms with van der Waals surface area (Å²) in [6.45, 7) is 3.80. The molecule has 0 N–H and O–H groups in total. The monoisotopic (exact) mass is 175 g/mol. The Labute approximate surface area is 77.4 Å². The Balaban J connectivity index is 2.68. The summed E-state index contributed by atoms with van der Waals surface area (Å²) in [6, 6.07) is 4.82. The van der Waals surface area contributed by atoms with Crippen molar-refractivity contribution in [2.45, 2.75) is 19.3 Å². The SMILES string of the molecule is CN1C(=O)C(C)(C)c2[c]ccnc21. The van der Waals surface area contributed by atoms with Gasteiger partial charge in [0.15, 0.2) is 0 Å². The van der Waals surface area contributed by atoms with Gasteiger partial charge >= 0.3 is 0 Å². The maximum absolute atomic E-state index is 11.7. The smallest absolute Gasteiger partial charge is 0.238 e. The lowest BCUT2D eigenvalue weighted by atomic mass is 9.87. The molecule has 1 radical (unpaired) electrons. The molecule has 1 aliphatic rings. The second kappa shape index (κ2) is 2.31. The molecule has 3 nitrogen and oxygen atoms in total. The van der Waals surface area contributed by atoms with Crippen molar-refractivity contribution in [2.75, 3.05) is 11.9 Å². The molecule has 0 fully saturated rings. The number of rotatable bonds is 0. The number of hydrogen-bond donors (Lipinski definition) is 0. The number of hydrogen-bond acceptors (Lipinski definition) is 2. The van der Waals surface area contributed by atoms with Crippen molar-refractivity contribution >= 4 is 11.7 Å². The third-order valence-corrected chi connectivity index (χ3v) is 2.50. The first-order valence-electron chi connectivity index (χ1n) is 4.20. The lowest BCUT2D eigenvalue weighted by molar-refractivity contribution is -0.121. The second-order valence-corrected chi connectivity index (χ2v) is 3.78. The first-order chi connectivity index (χ1) is 6.05. The van der Waals surface area contributed by atoms with Gasteiger partial charge in [-0.2, -0.15) is 0 Å². The zero-order valence-corrected chi connectivity index (χ0v) is 7.96. The van der Waals surface area contributed by atoms with Gasteiger partial charge in [0.25, 0.3) is 0 Å². The van der Waals surface area contributed by atoms with Crippen LogP contribution in [0.2, 0.25) is 0 Å². The van der Waals surface area contributed by atoms with Crippen LogP contribution in [-0.2, 0) is 10.2 Å². The Morgan fingerprint density at radius 3 is 2.85 bits per heavy atom. The van der Waals surface area contributed by atoms with Gasteiger partial charge in [0.2, 0.25) is 5.91 Å². The average Bonchev–Trinajstić information content (AvgIpc) is 2.30. The highest BCUT2D eigenvalue weighted by Gasteiger charge is 2.42. The molecule has 1 aromatic heterocycles. The number of anilines is 1. The van der Waals surface area contributed by atoms with Gasteiger partial charge < -0.3 is 0 Å². The second-order valence-electron chi connectivity index (χ2n) is 3.78. The summed E-state index contributed by atoms with van der Waals surface area (Å²) in [6.07, 6.45) is 1.66. The van der Waals surface area contributed by atoms with Crippen LogP contribution < -0.4 is 4.90 Å². The van der Waals surface area contributed by atoms with Crippen LogP contribution in [0.15, 0.2) is 12.3 Å². The van der Waals surface area contributed by atoms with E-state index in [1.807, 2.05) is 13.8 Å². The number of aromatic nitrogens is 1. The van der Waals surface area contributed by atoms with Crippen molar-refractivity contribution in [3.05, 3.63) is 23.9 Å². The molecular formula is C10H11N2O. The van der Waals surface area contributed by atoms with Gasteiger partial charge in [-0.3, -0.25) is 9.69 Å². The molecule has 1 aromatic rings. The van der Waals surface area contributed by atoms with E-state index in [-0.39, 0.29) is 5.91 Å². The van der Waals surface area contributed by atoms with E-state index in [0.717, 1.165) is 11.4 Å². The Hall–Kier alpha value is -1.38.